The van der Waals surface area contributed by atoms with Crippen molar-refractivity contribution in [1.82, 2.24) is 40.0 Å². The lowest BCUT2D eigenvalue weighted by Gasteiger charge is -2.28. The van der Waals surface area contributed by atoms with Gasteiger partial charge in [-0.15, -0.1) is 0 Å². The number of pyridine rings is 1. The molecule has 2 saturated heterocycles. The molecule has 2 amide bonds. The van der Waals surface area contributed by atoms with Crippen LogP contribution in [0.5, 0.6) is 5.75 Å². The molecule has 16 nitrogen and oxygen atoms in total. The smallest absolute Gasteiger partial charge is 0.293 e. The summed E-state index contributed by atoms with van der Waals surface area (Å²) in [5, 5.41) is 16.9. The minimum atomic E-state index is -0.757. The van der Waals surface area contributed by atoms with Gasteiger partial charge in [-0.2, -0.15) is 0 Å². The number of rotatable bonds is 21. The third-order valence-corrected chi connectivity index (χ3v) is 13.3. The first-order chi connectivity index (χ1) is 34.8. The van der Waals surface area contributed by atoms with Crippen LogP contribution in [0.25, 0.3) is 33.3 Å². The molecule has 0 spiro atoms. The summed E-state index contributed by atoms with van der Waals surface area (Å²) in [5.74, 6) is 0.120. The maximum atomic E-state index is 13.1. The molecule has 0 aliphatic carbocycles. The molecule has 16 heteroatoms. The number of likely N-dealkylation sites (N-methyl/N-ethyl adjacent to an activating group) is 2. The van der Waals surface area contributed by atoms with Crippen molar-refractivity contribution >= 4 is 41.8 Å². The van der Waals surface area contributed by atoms with Crippen molar-refractivity contribution in [3.63, 3.8) is 0 Å². The highest BCUT2D eigenvalue weighted by atomic mass is 16.5. The van der Waals surface area contributed by atoms with Crippen molar-refractivity contribution in [3.8, 4) is 28.1 Å². The molecule has 3 N–H and O–H groups in total. The Kier molecular flexibility index (Phi) is 23.9. The topological polar surface area (TPSA) is 179 Å². The van der Waals surface area contributed by atoms with Crippen LogP contribution in [0.4, 0.5) is 0 Å². The van der Waals surface area contributed by atoms with E-state index in [-0.39, 0.29) is 60.0 Å². The summed E-state index contributed by atoms with van der Waals surface area (Å²) in [5.41, 5.74) is 10.2. The molecule has 3 unspecified atom stereocenters. The average Bonchev–Trinajstić information content (AvgIpc) is 3.66. The van der Waals surface area contributed by atoms with Gasteiger partial charge in [0.1, 0.15) is 18.3 Å². The van der Waals surface area contributed by atoms with E-state index in [0.717, 1.165) is 88.6 Å². The van der Waals surface area contributed by atoms with Crippen molar-refractivity contribution in [2.75, 3.05) is 81.7 Å². The number of phenolic OH excluding ortho intramolecular Hbond substituents is 1. The van der Waals surface area contributed by atoms with Crippen molar-refractivity contribution in [3.05, 3.63) is 83.7 Å². The van der Waals surface area contributed by atoms with Gasteiger partial charge < -0.3 is 43.9 Å². The van der Waals surface area contributed by atoms with Crippen LogP contribution in [0.2, 0.25) is 0 Å². The zero-order chi connectivity index (χ0) is 53.8. The van der Waals surface area contributed by atoms with Crippen molar-refractivity contribution in [2.24, 2.45) is 17.3 Å². The van der Waals surface area contributed by atoms with Crippen LogP contribution < -0.4 is 10.7 Å². The number of aldehydes is 2. The number of likely N-dealkylation sites (tertiary alicyclic amines) is 1. The van der Waals surface area contributed by atoms with E-state index >= 15 is 0 Å². The summed E-state index contributed by atoms with van der Waals surface area (Å²) in [6, 6.07) is 14.4. The van der Waals surface area contributed by atoms with Crippen molar-refractivity contribution in [2.45, 2.75) is 105 Å². The highest BCUT2D eigenvalue weighted by Crippen LogP contribution is 2.42. The molecule has 2 fully saturated rings. The van der Waals surface area contributed by atoms with Crippen molar-refractivity contribution < 1.29 is 38.6 Å². The molecular formula is C57H84N8O8. The van der Waals surface area contributed by atoms with E-state index in [2.05, 4.69) is 66.3 Å². The second-order valence-corrected chi connectivity index (χ2v) is 20.9. The molecule has 6 rings (SSSR count). The first-order valence-corrected chi connectivity index (χ1v) is 25.7. The van der Waals surface area contributed by atoms with Crippen LogP contribution in [-0.2, 0) is 52.8 Å². The number of carbonyl (C=O) groups excluding carboxylic acids is 5. The van der Waals surface area contributed by atoms with Crippen LogP contribution in [0.1, 0.15) is 90.2 Å². The lowest BCUT2D eigenvalue weighted by atomic mass is 9.84. The van der Waals surface area contributed by atoms with Crippen LogP contribution in [-0.4, -0.2) is 159 Å². The minimum absolute atomic E-state index is 0.0591. The number of aromatic hydroxyl groups is 1. The Morgan fingerprint density at radius 2 is 1.71 bits per heavy atom. The van der Waals surface area contributed by atoms with E-state index in [1.165, 1.54) is 19.4 Å². The monoisotopic (exact) mass is 1010 g/mol. The van der Waals surface area contributed by atoms with Crippen LogP contribution >= 0.6 is 0 Å². The first kappa shape index (κ1) is 59.8. The molecule has 4 heterocycles. The number of piperidine rings is 1. The SMILES string of the molecule is CCn1c(-c2cccnc2C(C)OC)c(CC(C)(C)COC=O)c2cc(-c3cc(O)cc(CC(C=O)NC(=O)C(C(C)C)N(C)C)c3)ccc21.CN(C)C/C=C/C(=O)N1CCC(C=O)CC1.CN1CCCCN1. The number of hydrogen-bond acceptors (Lipinski definition) is 13. The van der Waals surface area contributed by atoms with Gasteiger partial charge in [0.25, 0.3) is 6.47 Å². The number of hydrogen-bond donors (Lipinski definition) is 3. The zero-order valence-corrected chi connectivity index (χ0v) is 45.7. The Bertz CT molecular complexity index is 2430. The number of phenols is 1. The second-order valence-electron chi connectivity index (χ2n) is 20.9. The van der Waals surface area contributed by atoms with Gasteiger partial charge in [0.2, 0.25) is 11.8 Å². The van der Waals surface area contributed by atoms with E-state index < -0.39 is 6.04 Å². The Balaban J connectivity index is 0.000000409. The number of methoxy groups -OCH3 is 1. The molecule has 73 heavy (non-hydrogen) atoms. The number of aryl methyl sites for hydroxylation is 1. The van der Waals surface area contributed by atoms with Gasteiger partial charge in [-0.3, -0.25) is 29.7 Å². The van der Waals surface area contributed by atoms with Gasteiger partial charge in [0, 0.05) is 93.5 Å². The molecule has 2 aliphatic heterocycles. The van der Waals surface area contributed by atoms with Gasteiger partial charge in [-0.05, 0) is 145 Å². The molecule has 2 aromatic heterocycles. The van der Waals surface area contributed by atoms with E-state index in [1.807, 2.05) is 87.9 Å². The van der Waals surface area contributed by atoms with Gasteiger partial charge in [-0.25, -0.2) is 5.01 Å². The first-order valence-electron chi connectivity index (χ1n) is 25.7. The predicted molar refractivity (Wildman–Crippen MR) is 290 cm³/mol. The van der Waals surface area contributed by atoms with Crippen LogP contribution in [0, 0.1) is 17.3 Å². The highest BCUT2D eigenvalue weighted by molar-refractivity contribution is 5.95. The molecule has 2 aliphatic rings. The lowest BCUT2D eigenvalue weighted by Crippen LogP contribution is -2.50. The fraction of sp³-hybridized carbons (Fsp3) is 0.544. The number of amides is 2. The zero-order valence-electron chi connectivity index (χ0n) is 45.7. The van der Waals surface area contributed by atoms with E-state index in [9.17, 15) is 29.1 Å². The lowest BCUT2D eigenvalue weighted by molar-refractivity contribution is -0.131. The number of benzene rings is 2. The van der Waals surface area contributed by atoms with Crippen LogP contribution in [0.3, 0.4) is 0 Å². The Hall–Kier alpha value is -5.78. The van der Waals surface area contributed by atoms with Gasteiger partial charge in [-0.1, -0.05) is 45.9 Å². The summed E-state index contributed by atoms with van der Waals surface area (Å²) >= 11 is 0. The molecule has 0 bridgehead atoms. The molecule has 3 atom stereocenters. The molecule has 0 radical (unpaired) electrons. The Labute approximate surface area is 434 Å². The van der Waals surface area contributed by atoms with Gasteiger partial charge >= 0.3 is 0 Å². The second kappa shape index (κ2) is 29.2. The van der Waals surface area contributed by atoms with Gasteiger partial charge in [0.15, 0.2) is 0 Å². The summed E-state index contributed by atoms with van der Waals surface area (Å²) in [6.45, 7) is 18.2. The molecular weight excluding hydrogens is 925 g/mol. The number of carbonyl (C=O) groups is 5. The van der Waals surface area contributed by atoms with E-state index in [1.54, 1.807) is 31.5 Å². The summed E-state index contributed by atoms with van der Waals surface area (Å²) in [7, 11) is 11.4. The van der Waals surface area contributed by atoms with Crippen molar-refractivity contribution in [1.29, 1.82) is 0 Å². The number of nitrogens with zero attached hydrogens (tertiary/aromatic N) is 6. The standard InChI is InChI=1S/C40H52N4O6.C12H20N2O2.C5H12N2/c1-10-44-35-14-13-28(29-16-27(18-31(47)19-29)17-30(22-45)42-39(48)37(25(2)3)43(7)8)20-33(35)34(21-40(5,6)23-50-24-46)38(44)32-12-11-15-41-36(32)26(4)49-9;1-13(2)7-3-4-12(16)14-8-5-11(10-15)6-9-14;1-7-5-3-2-4-6-7/h11-16,18-20,22,24-26,30,37,47H,10,17,21,23H2,1-9H3,(H,42,48);3-4,10-11H,5-9H2,1-2H3;6H,2-5H2,1H3/b;4-3+;. The number of ether oxygens (including phenoxy) is 2. The number of nitrogens with one attached hydrogen (secondary N) is 2. The Morgan fingerprint density at radius 1 is 0.986 bits per heavy atom. The fourth-order valence-electron chi connectivity index (χ4n) is 9.56. The molecule has 400 valence electrons. The number of hydrazine groups is 1. The Morgan fingerprint density at radius 3 is 2.27 bits per heavy atom. The fourth-order valence-corrected chi connectivity index (χ4v) is 9.56. The molecule has 4 aromatic rings. The number of fused-ring (bicyclic) bond motifs is 1. The van der Waals surface area contributed by atoms with E-state index in [4.69, 9.17) is 14.5 Å². The predicted octanol–water partition coefficient (Wildman–Crippen LogP) is 7.12. The summed E-state index contributed by atoms with van der Waals surface area (Å²) in [6.07, 6.45) is 11.9. The minimum Gasteiger partial charge on any atom is -0.508 e. The number of aromatic nitrogens is 2. The highest BCUT2D eigenvalue weighted by Gasteiger charge is 2.30. The molecule has 2 aromatic carbocycles. The normalized spacial score (nSPS) is 15.8. The van der Waals surface area contributed by atoms with Gasteiger partial charge in [0.05, 0.1) is 36.2 Å². The quantitative estimate of drug-likeness (QED) is 0.0569. The van der Waals surface area contributed by atoms with E-state index in [0.29, 0.717) is 32.5 Å². The maximum absolute atomic E-state index is 13.1. The summed E-state index contributed by atoms with van der Waals surface area (Å²) in [4.78, 5) is 69.1. The average molecular weight is 1010 g/mol. The maximum Gasteiger partial charge on any atom is 0.293 e. The molecule has 0 saturated carbocycles. The largest absolute Gasteiger partial charge is 0.508 e. The summed E-state index contributed by atoms with van der Waals surface area (Å²) < 4.78 is 13.3. The third kappa shape index (κ3) is 17.7. The third-order valence-electron chi connectivity index (χ3n) is 13.3. The van der Waals surface area contributed by atoms with Crippen LogP contribution in [0.15, 0.2) is 66.9 Å².